The zero-order chi connectivity index (χ0) is 14.5. The Labute approximate surface area is 125 Å². The van der Waals surface area contributed by atoms with E-state index < -0.39 is 0 Å². The van der Waals surface area contributed by atoms with E-state index in [0.29, 0.717) is 0 Å². The zero-order valence-electron chi connectivity index (χ0n) is 12.2. The van der Waals surface area contributed by atoms with Crippen molar-refractivity contribution in [1.82, 2.24) is 10.3 Å². The monoisotopic (exact) mass is 284 g/mol. The van der Waals surface area contributed by atoms with Crippen LogP contribution >= 0.6 is 0 Å². The molecule has 0 amide bonds. The SMILES string of the molecule is CC(NCc1ccncc1)c1ccc2c(c1)OCCCO2. The molecule has 0 fully saturated rings. The number of pyridine rings is 1. The van der Waals surface area contributed by atoms with Crippen molar-refractivity contribution in [3.63, 3.8) is 0 Å². The van der Waals surface area contributed by atoms with Crippen LogP contribution in [-0.2, 0) is 6.54 Å². The summed E-state index contributed by atoms with van der Waals surface area (Å²) in [6.45, 7) is 4.41. The summed E-state index contributed by atoms with van der Waals surface area (Å²) in [5.41, 5.74) is 2.43. The molecule has 110 valence electrons. The molecule has 0 aliphatic carbocycles. The fraction of sp³-hybridized carbons (Fsp3) is 0.353. The highest BCUT2D eigenvalue weighted by atomic mass is 16.5. The summed E-state index contributed by atoms with van der Waals surface area (Å²) in [6, 6.07) is 10.5. The number of hydrogen-bond donors (Lipinski definition) is 1. The molecule has 0 radical (unpaired) electrons. The number of hydrogen-bond acceptors (Lipinski definition) is 4. The van der Waals surface area contributed by atoms with E-state index in [1.165, 1.54) is 11.1 Å². The molecule has 1 aliphatic rings. The number of aromatic nitrogens is 1. The fourth-order valence-corrected chi connectivity index (χ4v) is 2.34. The van der Waals surface area contributed by atoms with Crippen molar-refractivity contribution in [3.05, 3.63) is 53.9 Å². The van der Waals surface area contributed by atoms with Crippen LogP contribution in [0.25, 0.3) is 0 Å². The van der Waals surface area contributed by atoms with Crippen LogP contribution in [0.1, 0.15) is 30.5 Å². The smallest absolute Gasteiger partial charge is 0.161 e. The third-order valence-corrected chi connectivity index (χ3v) is 3.63. The number of nitrogens with zero attached hydrogens (tertiary/aromatic N) is 1. The van der Waals surface area contributed by atoms with Gasteiger partial charge in [-0.15, -0.1) is 0 Å². The Morgan fingerprint density at radius 2 is 1.86 bits per heavy atom. The van der Waals surface area contributed by atoms with Crippen LogP contribution in [0.4, 0.5) is 0 Å². The van der Waals surface area contributed by atoms with Gasteiger partial charge < -0.3 is 14.8 Å². The van der Waals surface area contributed by atoms with Gasteiger partial charge in [0.2, 0.25) is 0 Å². The molecule has 4 nitrogen and oxygen atoms in total. The highest BCUT2D eigenvalue weighted by molar-refractivity contribution is 5.44. The first-order valence-electron chi connectivity index (χ1n) is 7.35. The third-order valence-electron chi connectivity index (χ3n) is 3.63. The molecule has 1 unspecified atom stereocenters. The van der Waals surface area contributed by atoms with E-state index in [9.17, 15) is 0 Å². The van der Waals surface area contributed by atoms with Gasteiger partial charge in [-0.05, 0) is 42.3 Å². The van der Waals surface area contributed by atoms with Crippen molar-refractivity contribution in [3.8, 4) is 11.5 Å². The summed E-state index contributed by atoms with van der Waals surface area (Å²) in [4.78, 5) is 4.03. The summed E-state index contributed by atoms with van der Waals surface area (Å²) < 4.78 is 11.4. The van der Waals surface area contributed by atoms with Gasteiger partial charge in [0.15, 0.2) is 11.5 Å². The van der Waals surface area contributed by atoms with Crippen LogP contribution < -0.4 is 14.8 Å². The van der Waals surface area contributed by atoms with Gasteiger partial charge in [-0.3, -0.25) is 4.98 Å². The normalized spacial score (nSPS) is 15.3. The molecule has 1 aromatic carbocycles. The lowest BCUT2D eigenvalue weighted by Crippen LogP contribution is -2.18. The third kappa shape index (κ3) is 3.52. The first kappa shape index (κ1) is 13.9. The predicted molar refractivity (Wildman–Crippen MR) is 81.5 cm³/mol. The average molecular weight is 284 g/mol. The Hall–Kier alpha value is -2.07. The van der Waals surface area contributed by atoms with Gasteiger partial charge in [0.1, 0.15) is 0 Å². The summed E-state index contributed by atoms with van der Waals surface area (Å²) in [5, 5.41) is 3.51. The molecule has 21 heavy (non-hydrogen) atoms. The van der Waals surface area contributed by atoms with Gasteiger partial charge in [-0.2, -0.15) is 0 Å². The van der Waals surface area contributed by atoms with E-state index in [1.54, 1.807) is 0 Å². The standard InChI is InChI=1S/C17H20N2O2/c1-13(19-12-14-5-7-18-8-6-14)15-3-4-16-17(11-15)21-10-2-9-20-16/h3-8,11,13,19H,2,9-10,12H2,1H3. The minimum atomic E-state index is 0.246. The Morgan fingerprint density at radius 1 is 1.10 bits per heavy atom. The Morgan fingerprint density at radius 3 is 2.67 bits per heavy atom. The van der Waals surface area contributed by atoms with Gasteiger partial charge in [0, 0.05) is 31.4 Å². The summed E-state index contributed by atoms with van der Waals surface area (Å²) in [5.74, 6) is 1.69. The number of benzene rings is 1. The second-order valence-corrected chi connectivity index (χ2v) is 5.21. The van der Waals surface area contributed by atoms with E-state index in [1.807, 2.05) is 30.6 Å². The summed E-state index contributed by atoms with van der Waals surface area (Å²) in [6.07, 6.45) is 4.56. The predicted octanol–water partition coefficient (Wildman–Crippen LogP) is 3.09. The van der Waals surface area contributed by atoms with Crippen molar-refractivity contribution in [2.75, 3.05) is 13.2 Å². The largest absolute Gasteiger partial charge is 0.490 e. The number of rotatable bonds is 4. The lowest BCUT2D eigenvalue weighted by Gasteiger charge is -2.16. The van der Waals surface area contributed by atoms with Crippen LogP contribution in [0.15, 0.2) is 42.7 Å². The zero-order valence-corrected chi connectivity index (χ0v) is 12.2. The molecule has 4 heteroatoms. The summed E-state index contributed by atoms with van der Waals surface area (Å²) >= 11 is 0. The van der Waals surface area contributed by atoms with Crippen molar-refractivity contribution in [2.45, 2.75) is 25.9 Å². The molecule has 0 saturated heterocycles. The molecule has 2 aromatic rings. The molecule has 0 saturated carbocycles. The quantitative estimate of drug-likeness (QED) is 0.937. The molecule has 1 aliphatic heterocycles. The first-order chi connectivity index (χ1) is 10.3. The van der Waals surface area contributed by atoms with Crippen molar-refractivity contribution in [2.24, 2.45) is 0 Å². The Bertz CT molecular complexity index is 587. The molecule has 0 spiro atoms. The van der Waals surface area contributed by atoms with Crippen LogP contribution in [0, 0.1) is 0 Å². The van der Waals surface area contributed by atoms with Crippen molar-refractivity contribution >= 4 is 0 Å². The molecular weight excluding hydrogens is 264 g/mol. The number of ether oxygens (including phenoxy) is 2. The summed E-state index contributed by atoms with van der Waals surface area (Å²) in [7, 11) is 0. The highest BCUT2D eigenvalue weighted by Crippen LogP contribution is 2.32. The van der Waals surface area contributed by atoms with Gasteiger partial charge >= 0.3 is 0 Å². The van der Waals surface area contributed by atoms with E-state index in [-0.39, 0.29) is 6.04 Å². The molecule has 3 rings (SSSR count). The van der Waals surface area contributed by atoms with Gasteiger partial charge in [0.05, 0.1) is 13.2 Å². The molecule has 1 aromatic heterocycles. The number of nitrogens with one attached hydrogen (secondary N) is 1. The Kier molecular flexibility index (Phi) is 4.36. The molecule has 2 heterocycles. The van der Waals surface area contributed by atoms with Gasteiger partial charge in [0.25, 0.3) is 0 Å². The van der Waals surface area contributed by atoms with Crippen molar-refractivity contribution < 1.29 is 9.47 Å². The molecular formula is C17H20N2O2. The van der Waals surface area contributed by atoms with Gasteiger partial charge in [-0.1, -0.05) is 6.07 Å². The lowest BCUT2D eigenvalue weighted by molar-refractivity contribution is 0.297. The molecule has 1 N–H and O–H groups in total. The average Bonchev–Trinajstić information content (AvgIpc) is 2.78. The van der Waals surface area contributed by atoms with E-state index >= 15 is 0 Å². The maximum atomic E-state index is 5.74. The van der Waals surface area contributed by atoms with Crippen LogP contribution in [0.3, 0.4) is 0 Å². The van der Waals surface area contributed by atoms with Crippen LogP contribution in [-0.4, -0.2) is 18.2 Å². The van der Waals surface area contributed by atoms with E-state index in [0.717, 1.165) is 37.7 Å². The second kappa shape index (κ2) is 6.59. The van der Waals surface area contributed by atoms with Gasteiger partial charge in [-0.25, -0.2) is 0 Å². The maximum Gasteiger partial charge on any atom is 0.161 e. The Balaban J connectivity index is 1.67. The lowest BCUT2D eigenvalue weighted by atomic mass is 10.1. The van der Waals surface area contributed by atoms with E-state index in [4.69, 9.17) is 9.47 Å². The topological polar surface area (TPSA) is 43.4 Å². The minimum Gasteiger partial charge on any atom is -0.490 e. The number of fused-ring (bicyclic) bond motifs is 1. The van der Waals surface area contributed by atoms with Crippen molar-refractivity contribution in [1.29, 1.82) is 0 Å². The fourth-order valence-electron chi connectivity index (χ4n) is 2.34. The highest BCUT2D eigenvalue weighted by Gasteiger charge is 2.13. The molecule has 0 bridgehead atoms. The first-order valence-corrected chi connectivity index (χ1v) is 7.35. The van der Waals surface area contributed by atoms with Crippen LogP contribution in [0.5, 0.6) is 11.5 Å². The minimum absolute atomic E-state index is 0.246. The van der Waals surface area contributed by atoms with E-state index in [2.05, 4.69) is 29.4 Å². The molecule has 1 atom stereocenters. The van der Waals surface area contributed by atoms with Crippen LogP contribution in [0.2, 0.25) is 0 Å². The second-order valence-electron chi connectivity index (χ2n) is 5.21. The maximum absolute atomic E-state index is 5.74.